The highest BCUT2D eigenvalue weighted by molar-refractivity contribution is 5.78. The number of hydrogen-bond acceptors (Lipinski definition) is 6. The molecule has 1 heterocycles. The third kappa shape index (κ3) is 4.32. The van der Waals surface area contributed by atoms with Crippen molar-refractivity contribution >= 4 is 17.1 Å². The van der Waals surface area contributed by atoms with Crippen LogP contribution in [-0.2, 0) is 6.42 Å². The predicted octanol–water partition coefficient (Wildman–Crippen LogP) is 3.87. The number of benzene rings is 2. The van der Waals surface area contributed by atoms with E-state index in [0.29, 0.717) is 24.3 Å². The van der Waals surface area contributed by atoms with Crippen molar-refractivity contribution in [3.63, 3.8) is 0 Å². The molecule has 3 aromatic carbocycles. The van der Waals surface area contributed by atoms with Gasteiger partial charge in [-0.15, -0.1) is 0 Å². The lowest BCUT2D eigenvalue weighted by Crippen LogP contribution is -2.37. The normalized spacial score (nSPS) is 10.6. The van der Waals surface area contributed by atoms with E-state index in [1.165, 1.54) is 0 Å². The minimum absolute atomic E-state index is 0.287. The zero-order valence-electron chi connectivity index (χ0n) is 15.6. The first-order valence-corrected chi connectivity index (χ1v) is 9.27. The Labute approximate surface area is 167 Å². The van der Waals surface area contributed by atoms with Gasteiger partial charge in [-0.2, -0.15) is 0 Å². The van der Waals surface area contributed by atoms with Crippen molar-refractivity contribution in [1.82, 2.24) is 4.98 Å². The van der Waals surface area contributed by atoms with Gasteiger partial charge in [-0.3, -0.25) is 14.6 Å². The second-order valence-corrected chi connectivity index (χ2v) is 6.51. The van der Waals surface area contributed by atoms with E-state index in [2.05, 4.69) is 15.6 Å². The van der Waals surface area contributed by atoms with Gasteiger partial charge in [0.2, 0.25) is 0 Å². The van der Waals surface area contributed by atoms with Crippen LogP contribution < -0.4 is 26.2 Å². The van der Waals surface area contributed by atoms with Gasteiger partial charge in [0.15, 0.2) is 0 Å². The van der Waals surface area contributed by atoms with Crippen LogP contribution in [0.5, 0.6) is 11.5 Å². The zero-order chi connectivity index (χ0) is 20.1. The van der Waals surface area contributed by atoms with Crippen LogP contribution in [0.4, 0.5) is 17.1 Å². The standard InChI is InChI=1S/C23H19N3O3/c27-22-20(21(23(22)28)26-17-5-4-13-24-15-17)25-14-12-16-8-10-19(11-9-16)29-18-6-2-1-3-7-18/h1-11,13,15,25-26H,12,14H2. The second kappa shape index (κ2) is 8.39. The van der Waals surface area contributed by atoms with Crippen molar-refractivity contribution in [2.45, 2.75) is 6.42 Å². The van der Waals surface area contributed by atoms with Gasteiger partial charge >= 0.3 is 0 Å². The summed E-state index contributed by atoms with van der Waals surface area (Å²) in [7, 11) is 0. The van der Waals surface area contributed by atoms with Crippen LogP contribution in [0.2, 0.25) is 0 Å². The molecule has 0 fully saturated rings. The molecular formula is C23H19N3O3. The maximum atomic E-state index is 11.9. The number of ether oxygens (including phenoxy) is 1. The van der Waals surface area contributed by atoms with Crippen molar-refractivity contribution in [2.24, 2.45) is 0 Å². The van der Waals surface area contributed by atoms with E-state index in [9.17, 15) is 9.59 Å². The fraction of sp³-hybridized carbons (Fsp3) is 0.0870. The van der Waals surface area contributed by atoms with Crippen LogP contribution in [0.25, 0.3) is 0 Å². The molecule has 0 spiro atoms. The second-order valence-electron chi connectivity index (χ2n) is 6.51. The molecule has 6 nitrogen and oxygen atoms in total. The fourth-order valence-electron chi connectivity index (χ4n) is 2.94. The lowest BCUT2D eigenvalue weighted by atomic mass is 10.1. The summed E-state index contributed by atoms with van der Waals surface area (Å²) in [6, 6.07) is 20.9. The molecule has 0 amide bonds. The molecule has 4 rings (SSSR count). The van der Waals surface area contributed by atoms with Crippen molar-refractivity contribution in [2.75, 3.05) is 17.2 Å². The zero-order valence-corrected chi connectivity index (χ0v) is 15.6. The van der Waals surface area contributed by atoms with Crippen molar-refractivity contribution in [3.8, 4) is 11.5 Å². The maximum Gasteiger partial charge on any atom is 0.253 e. The number of aromatic nitrogens is 1. The minimum Gasteiger partial charge on any atom is -0.457 e. The summed E-state index contributed by atoms with van der Waals surface area (Å²) in [6.07, 6.45) is 3.94. The molecule has 0 unspecified atom stereocenters. The summed E-state index contributed by atoms with van der Waals surface area (Å²) in [4.78, 5) is 27.7. The number of pyridine rings is 1. The summed E-state index contributed by atoms with van der Waals surface area (Å²) in [5, 5.41) is 6.02. The minimum atomic E-state index is -0.515. The SMILES string of the molecule is O=c1c(NCCc2ccc(Oc3ccccc3)cc2)c(Nc2cccnc2)c1=O. The van der Waals surface area contributed by atoms with Crippen molar-refractivity contribution in [1.29, 1.82) is 0 Å². The third-order valence-corrected chi connectivity index (χ3v) is 4.46. The molecule has 0 bridgehead atoms. The third-order valence-electron chi connectivity index (χ3n) is 4.46. The molecular weight excluding hydrogens is 366 g/mol. The fourth-order valence-corrected chi connectivity index (χ4v) is 2.94. The van der Waals surface area contributed by atoms with Crippen LogP contribution in [0.15, 0.2) is 88.7 Å². The van der Waals surface area contributed by atoms with Crippen molar-refractivity contribution in [3.05, 3.63) is 105 Å². The van der Waals surface area contributed by atoms with Gasteiger partial charge in [-0.25, -0.2) is 0 Å². The number of hydrogen-bond donors (Lipinski definition) is 2. The largest absolute Gasteiger partial charge is 0.457 e. The first kappa shape index (κ1) is 18.4. The Morgan fingerprint density at radius 3 is 2.24 bits per heavy atom. The molecule has 1 aromatic heterocycles. The van der Waals surface area contributed by atoms with E-state index in [1.54, 1.807) is 24.5 Å². The molecule has 144 valence electrons. The lowest BCUT2D eigenvalue weighted by molar-refractivity contribution is 0.482. The van der Waals surface area contributed by atoms with Crippen LogP contribution in [0.3, 0.4) is 0 Å². The Morgan fingerprint density at radius 1 is 0.793 bits per heavy atom. The van der Waals surface area contributed by atoms with E-state index in [4.69, 9.17) is 4.74 Å². The molecule has 0 aliphatic heterocycles. The topological polar surface area (TPSA) is 80.3 Å². The maximum absolute atomic E-state index is 11.9. The molecule has 0 saturated heterocycles. The van der Waals surface area contributed by atoms with E-state index in [-0.39, 0.29) is 5.69 Å². The summed E-state index contributed by atoms with van der Waals surface area (Å²) in [5.74, 6) is 1.55. The van der Waals surface area contributed by atoms with Gasteiger partial charge in [-0.05, 0) is 48.4 Å². The van der Waals surface area contributed by atoms with E-state index in [0.717, 1.165) is 17.1 Å². The number of nitrogens with zero attached hydrogens (tertiary/aromatic N) is 1. The van der Waals surface area contributed by atoms with Gasteiger partial charge in [0.05, 0.1) is 11.9 Å². The highest BCUT2D eigenvalue weighted by Gasteiger charge is 2.20. The molecule has 0 aliphatic carbocycles. The smallest absolute Gasteiger partial charge is 0.253 e. The van der Waals surface area contributed by atoms with Crippen LogP contribution in [0, 0.1) is 0 Å². The Hall–Kier alpha value is -3.93. The van der Waals surface area contributed by atoms with Crippen molar-refractivity contribution < 1.29 is 4.74 Å². The quantitative estimate of drug-likeness (QED) is 0.448. The van der Waals surface area contributed by atoms with E-state index >= 15 is 0 Å². The Bertz CT molecular complexity index is 1150. The number of rotatable bonds is 8. The summed E-state index contributed by atoms with van der Waals surface area (Å²) in [5.41, 5.74) is 1.36. The van der Waals surface area contributed by atoms with Gasteiger partial charge < -0.3 is 15.4 Å². The molecule has 29 heavy (non-hydrogen) atoms. The average molecular weight is 385 g/mol. The molecule has 6 heteroatoms. The van der Waals surface area contributed by atoms with Gasteiger partial charge in [0, 0.05) is 12.7 Å². The monoisotopic (exact) mass is 385 g/mol. The number of para-hydroxylation sites is 1. The van der Waals surface area contributed by atoms with E-state index < -0.39 is 10.9 Å². The molecule has 0 aliphatic rings. The van der Waals surface area contributed by atoms with Crippen LogP contribution in [0.1, 0.15) is 5.56 Å². The molecule has 4 aromatic rings. The Balaban J connectivity index is 1.33. The summed E-state index contributed by atoms with van der Waals surface area (Å²) < 4.78 is 5.78. The molecule has 0 radical (unpaired) electrons. The number of anilines is 3. The average Bonchev–Trinajstić information content (AvgIpc) is 2.78. The summed E-state index contributed by atoms with van der Waals surface area (Å²) in [6.45, 7) is 0.533. The van der Waals surface area contributed by atoms with Gasteiger partial charge in [0.1, 0.15) is 22.9 Å². The first-order valence-electron chi connectivity index (χ1n) is 9.27. The predicted molar refractivity (Wildman–Crippen MR) is 114 cm³/mol. The van der Waals surface area contributed by atoms with Crippen LogP contribution in [-0.4, -0.2) is 11.5 Å². The Kier molecular flexibility index (Phi) is 5.33. The highest BCUT2D eigenvalue weighted by Crippen LogP contribution is 2.22. The molecule has 2 N–H and O–H groups in total. The number of nitrogens with one attached hydrogen (secondary N) is 2. The van der Waals surface area contributed by atoms with Gasteiger partial charge in [-0.1, -0.05) is 30.3 Å². The lowest BCUT2D eigenvalue weighted by Gasteiger charge is -2.14. The van der Waals surface area contributed by atoms with Crippen LogP contribution >= 0.6 is 0 Å². The van der Waals surface area contributed by atoms with E-state index in [1.807, 2.05) is 54.6 Å². The highest BCUT2D eigenvalue weighted by atomic mass is 16.5. The molecule has 0 saturated carbocycles. The Morgan fingerprint density at radius 2 is 1.52 bits per heavy atom. The van der Waals surface area contributed by atoms with Gasteiger partial charge in [0.25, 0.3) is 10.9 Å². The molecule has 0 atom stereocenters. The summed E-state index contributed by atoms with van der Waals surface area (Å²) >= 11 is 0. The first-order chi connectivity index (χ1) is 14.2.